The van der Waals surface area contributed by atoms with Gasteiger partial charge in [0, 0.05) is 25.1 Å². The Morgan fingerprint density at radius 3 is 2.58 bits per heavy atom. The highest BCUT2D eigenvalue weighted by Crippen LogP contribution is 2.11. The maximum Gasteiger partial charge on any atom is 0.244 e. The van der Waals surface area contributed by atoms with Crippen LogP contribution < -0.4 is 10.6 Å². The lowest BCUT2D eigenvalue weighted by Crippen LogP contribution is -2.35. The fourth-order valence-electron chi connectivity index (χ4n) is 1.21. The van der Waals surface area contributed by atoms with Gasteiger partial charge in [-0.2, -0.15) is 0 Å². The van der Waals surface area contributed by atoms with Crippen LogP contribution in [0.25, 0.3) is 6.08 Å². The van der Waals surface area contributed by atoms with Gasteiger partial charge in [-0.3, -0.25) is 9.59 Å². The molecular formula is C13H17IN2O3. The molecule has 0 atom stereocenters. The van der Waals surface area contributed by atoms with Crippen LogP contribution in [0.4, 0.5) is 0 Å². The number of rotatable bonds is 6. The lowest BCUT2D eigenvalue weighted by molar-refractivity contribution is -0.124. The van der Waals surface area contributed by atoms with Gasteiger partial charge in [0.1, 0.15) is 5.76 Å². The van der Waals surface area contributed by atoms with E-state index in [0.717, 1.165) is 3.77 Å². The third kappa shape index (κ3) is 6.42. The summed E-state index contributed by atoms with van der Waals surface area (Å²) in [7, 11) is 0. The van der Waals surface area contributed by atoms with Gasteiger partial charge in [0.2, 0.25) is 11.8 Å². The number of carbonyl (C=O) groups excluding carboxylic acids is 2. The second-order valence-electron chi connectivity index (χ2n) is 4.21. The first-order valence-electron chi connectivity index (χ1n) is 5.98. The van der Waals surface area contributed by atoms with Crippen LogP contribution in [0.5, 0.6) is 0 Å². The molecule has 0 saturated carbocycles. The van der Waals surface area contributed by atoms with Gasteiger partial charge in [-0.15, -0.1) is 0 Å². The van der Waals surface area contributed by atoms with Crippen LogP contribution >= 0.6 is 22.6 Å². The second-order valence-corrected chi connectivity index (χ2v) is 5.28. The predicted molar refractivity (Wildman–Crippen MR) is 81.3 cm³/mol. The minimum atomic E-state index is -0.217. The highest BCUT2D eigenvalue weighted by Gasteiger charge is 2.05. The largest absolute Gasteiger partial charge is 0.451 e. The van der Waals surface area contributed by atoms with Crippen LogP contribution in [0.2, 0.25) is 0 Å². The molecule has 0 aliphatic carbocycles. The standard InChI is InChI=1S/C13H17IN2O3/c1-9(2)13(18)16-8-7-15-12(17)6-4-10-3-5-11(14)19-10/h3-6,9H,7-8H2,1-2H3,(H,15,17)(H,16,18)/b6-4+. The summed E-state index contributed by atoms with van der Waals surface area (Å²) in [5, 5.41) is 5.39. The summed E-state index contributed by atoms with van der Waals surface area (Å²) in [6, 6.07) is 3.61. The number of amides is 2. The molecule has 0 aromatic carbocycles. The van der Waals surface area contributed by atoms with Crippen LogP contribution in [-0.4, -0.2) is 24.9 Å². The molecule has 104 valence electrons. The minimum absolute atomic E-state index is 0.0186. The number of nitrogens with one attached hydrogen (secondary N) is 2. The maximum absolute atomic E-state index is 11.4. The van der Waals surface area contributed by atoms with Crippen molar-refractivity contribution in [1.82, 2.24) is 10.6 Å². The van der Waals surface area contributed by atoms with Crippen LogP contribution in [-0.2, 0) is 9.59 Å². The summed E-state index contributed by atoms with van der Waals surface area (Å²) >= 11 is 2.06. The van der Waals surface area contributed by atoms with Crippen molar-refractivity contribution in [3.05, 3.63) is 27.7 Å². The van der Waals surface area contributed by atoms with E-state index in [1.54, 1.807) is 12.1 Å². The van der Waals surface area contributed by atoms with Gasteiger partial charge in [-0.1, -0.05) is 13.8 Å². The Hall–Kier alpha value is -1.31. The van der Waals surface area contributed by atoms with E-state index >= 15 is 0 Å². The molecule has 0 radical (unpaired) electrons. The first-order chi connectivity index (χ1) is 8.99. The first-order valence-corrected chi connectivity index (χ1v) is 7.06. The summed E-state index contributed by atoms with van der Waals surface area (Å²) in [6.07, 6.45) is 3.00. The van der Waals surface area contributed by atoms with Gasteiger partial charge in [-0.25, -0.2) is 0 Å². The average Bonchev–Trinajstić information content (AvgIpc) is 2.77. The third-order valence-corrected chi connectivity index (χ3v) is 2.82. The van der Waals surface area contributed by atoms with E-state index in [0.29, 0.717) is 18.8 Å². The van der Waals surface area contributed by atoms with E-state index in [2.05, 4.69) is 33.2 Å². The Balaban J connectivity index is 2.21. The van der Waals surface area contributed by atoms with Crippen molar-refractivity contribution in [2.75, 3.05) is 13.1 Å². The van der Waals surface area contributed by atoms with E-state index < -0.39 is 0 Å². The third-order valence-electron chi connectivity index (χ3n) is 2.24. The molecular weight excluding hydrogens is 359 g/mol. The molecule has 0 bridgehead atoms. The molecule has 0 unspecified atom stereocenters. The van der Waals surface area contributed by atoms with Crippen molar-refractivity contribution in [2.24, 2.45) is 5.92 Å². The van der Waals surface area contributed by atoms with Crippen LogP contribution in [0.15, 0.2) is 22.6 Å². The highest BCUT2D eigenvalue weighted by atomic mass is 127. The molecule has 5 nitrogen and oxygen atoms in total. The van der Waals surface area contributed by atoms with Crippen LogP contribution in [0.1, 0.15) is 19.6 Å². The van der Waals surface area contributed by atoms with Gasteiger partial charge >= 0.3 is 0 Å². The molecule has 0 aliphatic rings. The van der Waals surface area contributed by atoms with E-state index in [4.69, 9.17) is 4.42 Å². The zero-order chi connectivity index (χ0) is 14.3. The molecule has 1 heterocycles. The highest BCUT2D eigenvalue weighted by molar-refractivity contribution is 14.1. The van der Waals surface area contributed by atoms with Crippen molar-refractivity contribution in [1.29, 1.82) is 0 Å². The number of hydrogen-bond donors (Lipinski definition) is 2. The number of furan rings is 1. The Kier molecular flexibility index (Phi) is 6.61. The summed E-state index contributed by atoms with van der Waals surface area (Å²) in [6.45, 7) is 4.47. The lowest BCUT2D eigenvalue weighted by Gasteiger charge is -2.07. The van der Waals surface area contributed by atoms with E-state index in [-0.39, 0.29) is 17.7 Å². The van der Waals surface area contributed by atoms with Crippen LogP contribution in [0, 0.1) is 9.68 Å². The molecule has 2 amide bonds. The monoisotopic (exact) mass is 376 g/mol. The summed E-state index contributed by atoms with van der Waals surface area (Å²) in [5.74, 6) is 0.352. The predicted octanol–water partition coefficient (Wildman–Crippen LogP) is 1.79. The normalized spacial score (nSPS) is 10.9. The van der Waals surface area contributed by atoms with Crippen LogP contribution in [0.3, 0.4) is 0 Å². The van der Waals surface area contributed by atoms with Crippen molar-refractivity contribution < 1.29 is 14.0 Å². The smallest absolute Gasteiger partial charge is 0.244 e. The Labute approximate surface area is 126 Å². The van der Waals surface area contributed by atoms with Gasteiger partial charge in [0.05, 0.1) is 0 Å². The topological polar surface area (TPSA) is 71.3 Å². The summed E-state index contributed by atoms with van der Waals surface area (Å²) in [5.41, 5.74) is 0. The molecule has 2 N–H and O–H groups in total. The minimum Gasteiger partial charge on any atom is -0.451 e. The van der Waals surface area contributed by atoms with Gasteiger partial charge < -0.3 is 15.1 Å². The quantitative estimate of drug-likeness (QED) is 0.452. The molecule has 0 spiro atoms. The van der Waals surface area contributed by atoms with Crippen molar-refractivity contribution in [3.63, 3.8) is 0 Å². The first kappa shape index (κ1) is 15.7. The Morgan fingerprint density at radius 2 is 2.00 bits per heavy atom. The molecule has 0 saturated heterocycles. The molecule has 19 heavy (non-hydrogen) atoms. The molecule has 1 aromatic rings. The fraction of sp³-hybridized carbons (Fsp3) is 0.385. The molecule has 0 aliphatic heterocycles. The van der Waals surface area contributed by atoms with Crippen molar-refractivity contribution in [3.8, 4) is 0 Å². The zero-order valence-electron chi connectivity index (χ0n) is 10.9. The van der Waals surface area contributed by atoms with E-state index in [9.17, 15) is 9.59 Å². The second kappa shape index (κ2) is 7.98. The van der Waals surface area contributed by atoms with E-state index in [1.165, 1.54) is 6.08 Å². The fourth-order valence-corrected chi connectivity index (χ4v) is 1.64. The molecule has 6 heteroatoms. The maximum atomic E-state index is 11.4. The summed E-state index contributed by atoms with van der Waals surface area (Å²) in [4.78, 5) is 22.7. The van der Waals surface area contributed by atoms with Gasteiger partial charge in [-0.05, 0) is 40.8 Å². The summed E-state index contributed by atoms with van der Waals surface area (Å²) < 4.78 is 6.05. The SMILES string of the molecule is CC(C)C(=O)NCCNC(=O)/C=C/c1ccc(I)o1. The number of carbonyl (C=O) groups is 2. The zero-order valence-corrected chi connectivity index (χ0v) is 13.1. The van der Waals surface area contributed by atoms with Gasteiger partial charge in [0.15, 0.2) is 3.77 Å². The number of hydrogen-bond acceptors (Lipinski definition) is 3. The molecule has 1 aromatic heterocycles. The lowest BCUT2D eigenvalue weighted by atomic mass is 10.2. The molecule has 0 fully saturated rings. The van der Waals surface area contributed by atoms with Crippen molar-refractivity contribution >= 4 is 40.5 Å². The van der Waals surface area contributed by atoms with Gasteiger partial charge in [0.25, 0.3) is 0 Å². The Bertz CT molecular complexity index is 466. The van der Waals surface area contributed by atoms with Crippen molar-refractivity contribution in [2.45, 2.75) is 13.8 Å². The Morgan fingerprint density at radius 1 is 1.32 bits per heavy atom. The van der Waals surface area contributed by atoms with E-state index in [1.807, 2.05) is 19.9 Å². The number of halogens is 1. The average molecular weight is 376 g/mol. The molecule has 1 rings (SSSR count).